The molecule has 0 amide bonds. The van der Waals surface area contributed by atoms with Gasteiger partial charge in [0.25, 0.3) is 0 Å². The minimum Gasteiger partial charge on any atom is -0.310 e. The van der Waals surface area contributed by atoms with E-state index in [0.717, 1.165) is 24.2 Å². The molecule has 0 aromatic heterocycles. The molecule has 0 spiro atoms. The molecule has 49 heavy (non-hydrogen) atoms. The molecule has 0 N–H and O–H groups in total. The van der Waals surface area contributed by atoms with Crippen LogP contribution in [-0.2, 0) is 0 Å². The largest absolute Gasteiger partial charge is 0.310 e. The first-order valence-corrected chi connectivity index (χ1v) is 17.9. The summed E-state index contributed by atoms with van der Waals surface area (Å²) in [5.74, 6) is 1.56. The monoisotopic (exact) mass is 633 g/mol. The first-order chi connectivity index (χ1) is 24.2. The van der Waals surface area contributed by atoms with Crippen LogP contribution in [0.4, 0.5) is 17.1 Å². The molecule has 1 nitrogen and oxygen atoms in total. The molecule has 5 aromatic carbocycles. The van der Waals surface area contributed by atoms with Gasteiger partial charge in [0.05, 0.1) is 5.69 Å². The number of allylic oxidation sites excluding steroid dienone is 9. The summed E-state index contributed by atoms with van der Waals surface area (Å²) in [6, 6.07) is 42.3. The lowest BCUT2D eigenvalue weighted by Gasteiger charge is -2.32. The molecule has 1 heteroatoms. The minimum atomic E-state index is 0.389. The van der Waals surface area contributed by atoms with E-state index in [0.29, 0.717) is 17.8 Å². The van der Waals surface area contributed by atoms with Crippen LogP contribution in [0.3, 0.4) is 0 Å². The van der Waals surface area contributed by atoms with Crippen molar-refractivity contribution in [3.63, 3.8) is 0 Å². The molecule has 0 fully saturated rings. The minimum absolute atomic E-state index is 0.389. The van der Waals surface area contributed by atoms with Crippen molar-refractivity contribution in [3.8, 4) is 0 Å². The molecule has 0 saturated heterocycles. The summed E-state index contributed by atoms with van der Waals surface area (Å²) in [6.45, 7) is 2.04. The smallest absolute Gasteiger partial charge is 0.0540 e. The third kappa shape index (κ3) is 6.42. The fourth-order valence-electron chi connectivity index (χ4n) is 8.03. The van der Waals surface area contributed by atoms with Crippen LogP contribution >= 0.6 is 0 Å². The average Bonchev–Trinajstić information content (AvgIpc) is 3.16. The molecular weight excluding hydrogens is 591 g/mol. The van der Waals surface area contributed by atoms with Crippen LogP contribution in [-0.4, -0.2) is 0 Å². The summed E-state index contributed by atoms with van der Waals surface area (Å²) < 4.78 is 0. The molecule has 5 aromatic rings. The zero-order valence-electron chi connectivity index (χ0n) is 28.3. The molecule has 8 rings (SSSR count). The van der Waals surface area contributed by atoms with E-state index >= 15 is 0 Å². The predicted molar refractivity (Wildman–Crippen MR) is 211 cm³/mol. The number of fused-ring (bicyclic) bond motifs is 3. The summed E-state index contributed by atoms with van der Waals surface area (Å²) in [7, 11) is 0. The number of nitrogens with zero attached hydrogens (tertiary/aromatic N) is 1. The first-order valence-electron chi connectivity index (χ1n) is 17.9. The highest BCUT2D eigenvalue weighted by Crippen LogP contribution is 2.41. The lowest BCUT2D eigenvalue weighted by molar-refractivity contribution is 0.468. The first kappa shape index (κ1) is 30.9. The highest BCUT2D eigenvalue weighted by Gasteiger charge is 2.28. The van der Waals surface area contributed by atoms with Gasteiger partial charge in [-0.25, -0.2) is 0 Å². The van der Waals surface area contributed by atoms with Crippen molar-refractivity contribution < 1.29 is 0 Å². The molecule has 0 radical (unpaired) electrons. The van der Waals surface area contributed by atoms with Crippen molar-refractivity contribution in [3.05, 3.63) is 191 Å². The molecule has 2 unspecified atom stereocenters. The van der Waals surface area contributed by atoms with Crippen molar-refractivity contribution in [2.75, 3.05) is 4.90 Å². The Kier molecular flexibility index (Phi) is 8.82. The Labute approximate surface area is 290 Å². The van der Waals surface area contributed by atoms with Gasteiger partial charge in [0.15, 0.2) is 0 Å². The Bertz CT molecular complexity index is 2250. The van der Waals surface area contributed by atoms with E-state index in [1.807, 2.05) is 6.92 Å². The van der Waals surface area contributed by atoms with Gasteiger partial charge in [-0.15, -0.1) is 0 Å². The summed E-state index contributed by atoms with van der Waals surface area (Å²) >= 11 is 0. The van der Waals surface area contributed by atoms with Crippen LogP contribution in [0.5, 0.6) is 0 Å². The number of anilines is 3. The van der Waals surface area contributed by atoms with Crippen molar-refractivity contribution in [1.29, 1.82) is 0 Å². The molecule has 0 saturated carbocycles. The molecule has 0 heterocycles. The van der Waals surface area contributed by atoms with Gasteiger partial charge in [0.1, 0.15) is 0 Å². The Morgan fingerprint density at radius 1 is 0.776 bits per heavy atom. The molecular formula is C48H43N. The Hall–Kier alpha value is -5.40. The van der Waals surface area contributed by atoms with Gasteiger partial charge >= 0.3 is 0 Å². The second-order valence-corrected chi connectivity index (χ2v) is 13.5. The topological polar surface area (TPSA) is 3.24 Å². The normalized spacial score (nSPS) is 19.9. The third-order valence-electron chi connectivity index (χ3n) is 10.5. The van der Waals surface area contributed by atoms with E-state index in [-0.39, 0.29) is 0 Å². The van der Waals surface area contributed by atoms with E-state index in [2.05, 4.69) is 181 Å². The van der Waals surface area contributed by atoms with Gasteiger partial charge in [-0.3, -0.25) is 0 Å². The Morgan fingerprint density at radius 2 is 1.61 bits per heavy atom. The Balaban J connectivity index is 1.05. The fourth-order valence-corrected chi connectivity index (χ4v) is 8.03. The van der Waals surface area contributed by atoms with Gasteiger partial charge in [-0.1, -0.05) is 151 Å². The van der Waals surface area contributed by atoms with Crippen molar-refractivity contribution in [1.82, 2.24) is 0 Å². The van der Waals surface area contributed by atoms with Gasteiger partial charge in [-0.05, 0) is 107 Å². The predicted octanol–water partition coefficient (Wildman–Crippen LogP) is 11.5. The maximum atomic E-state index is 2.55. The molecule has 0 aliphatic heterocycles. The molecule has 3 aliphatic carbocycles. The highest BCUT2D eigenvalue weighted by atomic mass is 15.1. The van der Waals surface area contributed by atoms with Crippen LogP contribution < -0.4 is 15.3 Å². The summed E-state index contributed by atoms with van der Waals surface area (Å²) in [5, 5.41) is 5.32. The number of hydrogen-bond acceptors (Lipinski definition) is 1. The maximum Gasteiger partial charge on any atom is 0.0540 e. The maximum absolute atomic E-state index is 2.55. The highest BCUT2D eigenvalue weighted by molar-refractivity contribution is 5.99. The lowest BCUT2D eigenvalue weighted by Crippen LogP contribution is -2.37. The van der Waals surface area contributed by atoms with Crippen LogP contribution in [0.15, 0.2) is 169 Å². The van der Waals surface area contributed by atoms with Crippen molar-refractivity contribution in [2.24, 2.45) is 11.8 Å². The second-order valence-electron chi connectivity index (χ2n) is 13.5. The quantitative estimate of drug-likeness (QED) is 0.154. The third-order valence-corrected chi connectivity index (χ3v) is 10.5. The number of benzene rings is 5. The van der Waals surface area contributed by atoms with Crippen molar-refractivity contribution >= 4 is 45.6 Å². The standard InChI is InChI=1S/C48H43N/c1-2-3-4-13-35-14-11-18-43(33-35)49(48-23-12-17-39-15-5-8-21-46(39)48)42-30-28-38(29-31-42)37-26-24-36(25-27-37)32-41-34-40-16-6-7-19-44(40)47-22-10-9-20-45(41)47/h2-8,10-19,21-26,28-31,33-34,37,41,45H,9,20,27,32H2,1H3/b3-2-,13-4-/t37?,41-,45?/m0/s1. The van der Waals surface area contributed by atoms with Gasteiger partial charge in [-0.2, -0.15) is 0 Å². The fraction of sp³-hybridized carbons (Fsp3) is 0.167. The Morgan fingerprint density at radius 3 is 2.49 bits per heavy atom. The van der Waals surface area contributed by atoms with Crippen LogP contribution in [0.1, 0.15) is 49.7 Å². The zero-order valence-corrected chi connectivity index (χ0v) is 28.3. The molecule has 0 bridgehead atoms. The van der Waals surface area contributed by atoms with Gasteiger partial charge in [0, 0.05) is 22.7 Å². The number of hydrogen-bond donors (Lipinski definition) is 0. The van der Waals surface area contributed by atoms with Crippen LogP contribution in [0.2, 0.25) is 0 Å². The van der Waals surface area contributed by atoms with Gasteiger partial charge < -0.3 is 4.90 Å². The second kappa shape index (κ2) is 14.0. The van der Waals surface area contributed by atoms with E-state index < -0.39 is 0 Å². The van der Waals surface area contributed by atoms with E-state index in [1.165, 1.54) is 56.4 Å². The van der Waals surface area contributed by atoms with E-state index in [9.17, 15) is 0 Å². The zero-order chi connectivity index (χ0) is 33.0. The van der Waals surface area contributed by atoms with Gasteiger partial charge in [0.2, 0.25) is 0 Å². The van der Waals surface area contributed by atoms with Crippen LogP contribution in [0, 0.1) is 11.8 Å². The molecule has 240 valence electrons. The number of rotatable bonds is 8. The lowest BCUT2D eigenvalue weighted by atomic mass is 9.72. The van der Waals surface area contributed by atoms with Crippen molar-refractivity contribution in [2.45, 2.75) is 38.5 Å². The molecule has 3 atom stereocenters. The summed E-state index contributed by atoms with van der Waals surface area (Å²) in [6.07, 6.45) is 27.7. The summed E-state index contributed by atoms with van der Waals surface area (Å²) in [5.41, 5.74) is 9.05. The van der Waals surface area contributed by atoms with E-state index in [4.69, 9.17) is 0 Å². The van der Waals surface area contributed by atoms with E-state index in [1.54, 1.807) is 5.57 Å². The SMILES string of the molecule is C/C=C\C=C/c1cccc(N(c2ccc(C3C=CC(C[C@H]4C=c5ccccc5=C5C=CCCC54)=CC3)cc2)c2cccc3ccccc23)c1. The molecule has 3 aliphatic rings. The average molecular weight is 634 g/mol. The summed E-state index contributed by atoms with van der Waals surface area (Å²) in [4.78, 5) is 2.40. The van der Waals surface area contributed by atoms with Crippen LogP contribution in [0.25, 0.3) is 28.5 Å².